The van der Waals surface area contributed by atoms with Gasteiger partial charge < -0.3 is 5.73 Å². The Labute approximate surface area is 102 Å². The molecule has 0 aliphatic rings. The van der Waals surface area contributed by atoms with Crippen LogP contribution in [-0.4, -0.2) is 5.84 Å². The first-order valence-corrected chi connectivity index (χ1v) is 7.06. The van der Waals surface area contributed by atoms with Crippen molar-refractivity contribution in [3.8, 4) is 0 Å². The Morgan fingerprint density at radius 2 is 1.44 bits per heavy atom. The molecule has 0 aromatic carbocycles. The molecule has 96 valence electrons. The van der Waals surface area contributed by atoms with Crippen LogP contribution in [0.1, 0.15) is 78.1 Å². The van der Waals surface area contributed by atoms with Gasteiger partial charge in [0.1, 0.15) is 0 Å². The van der Waals surface area contributed by atoms with Crippen LogP contribution in [0, 0.1) is 11.3 Å². The standard InChI is InChI=1S/C14H30N2/c1-3-5-6-7-8-9-10-12-13(11-4-2)14(15)16/h13H,3-12H2,1-2H3,(H3,15,16). The lowest BCUT2D eigenvalue weighted by molar-refractivity contribution is 0.503. The van der Waals surface area contributed by atoms with Crippen molar-refractivity contribution in [2.75, 3.05) is 0 Å². The minimum atomic E-state index is 0.348. The molecule has 2 heteroatoms. The van der Waals surface area contributed by atoms with Gasteiger partial charge in [0.15, 0.2) is 0 Å². The Hall–Kier alpha value is -0.530. The molecule has 0 radical (unpaired) electrons. The van der Waals surface area contributed by atoms with Crippen molar-refractivity contribution in [2.45, 2.75) is 78.1 Å². The maximum absolute atomic E-state index is 7.50. The maximum Gasteiger partial charge on any atom is 0.0936 e. The molecule has 0 spiro atoms. The Morgan fingerprint density at radius 3 is 1.94 bits per heavy atom. The maximum atomic E-state index is 7.50. The van der Waals surface area contributed by atoms with Crippen molar-refractivity contribution in [3.63, 3.8) is 0 Å². The van der Waals surface area contributed by atoms with Gasteiger partial charge in [0.05, 0.1) is 5.84 Å². The topological polar surface area (TPSA) is 49.9 Å². The lowest BCUT2D eigenvalue weighted by Gasteiger charge is -2.13. The molecule has 3 N–H and O–H groups in total. The first-order chi connectivity index (χ1) is 7.72. The molecule has 0 heterocycles. The number of hydrogen-bond acceptors (Lipinski definition) is 1. The van der Waals surface area contributed by atoms with Crippen molar-refractivity contribution in [1.29, 1.82) is 5.41 Å². The Bertz CT molecular complexity index is 166. The van der Waals surface area contributed by atoms with Gasteiger partial charge in [-0.05, 0) is 12.8 Å². The Morgan fingerprint density at radius 1 is 0.875 bits per heavy atom. The summed E-state index contributed by atoms with van der Waals surface area (Å²) in [6.07, 6.45) is 12.7. The zero-order valence-corrected chi connectivity index (χ0v) is 11.2. The lowest BCUT2D eigenvalue weighted by Crippen LogP contribution is -2.22. The third-order valence-corrected chi connectivity index (χ3v) is 3.23. The molecule has 2 nitrogen and oxygen atoms in total. The predicted molar refractivity (Wildman–Crippen MR) is 72.9 cm³/mol. The van der Waals surface area contributed by atoms with Crippen LogP contribution in [0.25, 0.3) is 0 Å². The molecule has 0 aromatic heterocycles. The summed E-state index contributed by atoms with van der Waals surface area (Å²) in [5.41, 5.74) is 5.59. The number of nitrogens with two attached hydrogens (primary N) is 1. The van der Waals surface area contributed by atoms with Crippen LogP contribution in [0.15, 0.2) is 0 Å². The van der Waals surface area contributed by atoms with E-state index in [0.29, 0.717) is 11.8 Å². The van der Waals surface area contributed by atoms with Crippen molar-refractivity contribution in [2.24, 2.45) is 11.7 Å². The second kappa shape index (κ2) is 11.0. The monoisotopic (exact) mass is 226 g/mol. The zero-order valence-electron chi connectivity index (χ0n) is 11.2. The van der Waals surface area contributed by atoms with E-state index in [1.807, 2.05) is 0 Å². The molecule has 0 amide bonds. The van der Waals surface area contributed by atoms with Gasteiger partial charge >= 0.3 is 0 Å². The highest BCUT2D eigenvalue weighted by atomic mass is 14.7. The number of rotatable bonds is 11. The van der Waals surface area contributed by atoms with Gasteiger partial charge in [0.25, 0.3) is 0 Å². The second-order valence-electron chi connectivity index (χ2n) is 4.85. The largest absolute Gasteiger partial charge is 0.387 e. The lowest BCUT2D eigenvalue weighted by atomic mass is 9.95. The highest BCUT2D eigenvalue weighted by Gasteiger charge is 2.09. The SMILES string of the molecule is CCCCCCCCCC(CCC)C(=N)N. The molecule has 1 atom stereocenters. The van der Waals surface area contributed by atoms with Crippen molar-refractivity contribution < 1.29 is 0 Å². The summed E-state index contributed by atoms with van der Waals surface area (Å²) in [7, 11) is 0. The first-order valence-electron chi connectivity index (χ1n) is 7.06. The fourth-order valence-corrected chi connectivity index (χ4v) is 2.15. The molecule has 0 rings (SSSR count). The Balaban J connectivity index is 3.37. The molecular formula is C14H30N2. The molecule has 0 saturated heterocycles. The van der Waals surface area contributed by atoms with E-state index in [9.17, 15) is 0 Å². The fraction of sp³-hybridized carbons (Fsp3) is 0.929. The molecule has 0 fully saturated rings. The molecule has 0 aliphatic heterocycles. The number of unbranched alkanes of at least 4 members (excludes halogenated alkanes) is 6. The van der Waals surface area contributed by atoms with Gasteiger partial charge in [-0.2, -0.15) is 0 Å². The summed E-state index contributed by atoms with van der Waals surface area (Å²) in [4.78, 5) is 0. The summed E-state index contributed by atoms with van der Waals surface area (Å²) < 4.78 is 0. The number of nitrogens with one attached hydrogen (secondary N) is 1. The quantitative estimate of drug-likeness (QED) is 0.304. The molecule has 0 saturated carbocycles. The zero-order chi connectivity index (χ0) is 12.2. The average Bonchev–Trinajstić information content (AvgIpc) is 2.26. The molecular weight excluding hydrogens is 196 g/mol. The van der Waals surface area contributed by atoms with Crippen LogP contribution in [0.4, 0.5) is 0 Å². The van der Waals surface area contributed by atoms with Gasteiger partial charge in [0, 0.05) is 5.92 Å². The van der Waals surface area contributed by atoms with E-state index in [2.05, 4.69) is 13.8 Å². The summed E-state index contributed by atoms with van der Waals surface area (Å²) in [6, 6.07) is 0. The normalized spacial score (nSPS) is 12.6. The highest BCUT2D eigenvalue weighted by Crippen LogP contribution is 2.16. The van der Waals surface area contributed by atoms with Crippen LogP contribution in [-0.2, 0) is 0 Å². The highest BCUT2D eigenvalue weighted by molar-refractivity contribution is 5.79. The van der Waals surface area contributed by atoms with Gasteiger partial charge in [-0.1, -0.05) is 65.2 Å². The van der Waals surface area contributed by atoms with Crippen LogP contribution in [0.5, 0.6) is 0 Å². The van der Waals surface area contributed by atoms with Crippen molar-refractivity contribution >= 4 is 5.84 Å². The van der Waals surface area contributed by atoms with Crippen LogP contribution >= 0.6 is 0 Å². The Kier molecular flexibility index (Phi) is 10.6. The van der Waals surface area contributed by atoms with E-state index in [0.717, 1.165) is 19.3 Å². The van der Waals surface area contributed by atoms with Crippen LogP contribution < -0.4 is 5.73 Å². The first kappa shape index (κ1) is 15.5. The van der Waals surface area contributed by atoms with Crippen LogP contribution in [0.2, 0.25) is 0 Å². The van der Waals surface area contributed by atoms with Gasteiger partial charge in [-0.15, -0.1) is 0 Å². The summed E-state index contributed by atoms with van der Waals surface area (Å²) >= 11 is 0. The van der Waals surface area contributed by atoms with E-state index in [4.69, 9.17) is 11.1 Å². The minimum absolute atomic E-state index is 0.348. The third kappa shape index (κ3) is 8.75. The third-order valence-electron chi connectivity index (χ3n) is 3.23. The minimum Gasteiger partial charge on any atom is -0.387 e. The molecule has 16 heavy (non-hydrogen) atoms. The predicted octanol–water partition coefficient (Wildman–Crippen LogP) is 4.48. The van der Waals surface area contributed by atoms with Gasteiger partial charge in [0.2, 0.25) is 0 Å². The van der Waals surface area contributed by atoms with Gasteiger partial charge in [-0.25, -0.2) is 0 Å². The van der Waals surface area contributed by atoms with E-state index < -0.39 is 0 Å². The molecule has 0 aliphatic carbocycles. The van der Waals surface area contributed by atoms with Gasteiger partial charge in [-0.3, -0.25) is 5.41 Å². The summed E-state index contributed by atoms with van der Waals surface area (Å²) in [5, 5.41) is 7.50. The average molecular weight is 226 g/mol. The molecule has 0 bridgehead atoms. The molecule has 0 aromatic rings. The molecule has 1 unspecified atom stereocenters. The summed E-state index contributed by atoms with van der Waals surface area (Å²) in [5.74, 6) is 0.744. The van der Waals surface area contributed by atoms with E-state index in [1.165, 1.54) is 44.9 Å². The fourth-order valence-electron chi connectivity index (χ4n) is 2.15. The van der Waals surface area contributed by atoms with E-state index in [1.54, 1.807) is 0 Å². The second-order valence-corrected chi connectivity index (χ2v) is 4.85. The number of amidine groups is 1. The van der Waals surface area contributed by atoms with E-state index in [-0.39, 0.29) is 0 Å². The van der Waals surface area contributed by atoms with E-state index >= 15 is 0 Å². The summed E-state index contributed by atoms with van der Waals surface area (Å²) in [6.45, 7) is 4.42. The van der Waals surface area contributed by atoms with Crippen molar-refractivity contribution in [3.05, 3.63) is 0 Å². The van der Waals surface area contributed by atoms with Crippen molar-refractivity contribution in [1.82, 2.24) is 0 Å². The van der Waals surface area contributed by atoms with Crippen LogP contribution in [0.3, 0.4) is 0 Å². The smallest absolute Gasteiger partial charge is 0.0936 e. The number of hydrogen-bond donors (Lipinski definition) is 2.